The fourth-order valence-corrected chi connectivity index (χ4v) is 1.84. The first kappa shape index (κ1) is 9.93. The molecule has 0 aromatic carbocycles. The maximum absolute atomic E-state index is 11.8. The van der Waals surface area contributed by atoms with Crippen molar-refractivity contribution in [2.45, 2.75) is 25.3 Å². The summed E-state index contributed by atoms with van der Waals surface area (Å²) in [5.41, 5.74) is -0.120. The van der Waals surface area contributed by atoms with Gasteiger partial charge in [-0.3, -0.25) is 10.1 Å². The third-order valence-corrected chi connectivity index (χ3v) is 3.35. The van der Waals surface area contributed by atoms with Crippen molar-refractivity contribution in [1.29, 1.82) is 0 Å². The van der Waals surface area contributed by atoms with E-state index in [0.29, 0.717) is 5.91 Å². The number of rotatable bonds is 4. The van der Waals surface area contributed by atoms with E-state index in [0.717, 1.165) is 39.1 Å². The molecule has 1 saturated heterocycles. The molecule has 0 unspecified atom stereocenters. The van der Waals surface area contributed by atoms with Crippen LogP contribution in [0, 0.1) is 0 Å². The van der Waals surface area contributed by atoms with Crippen molar-refractivity contribution in [2.24, 2.45) is 0 Å². The van der Waals surface area contributed by atoms with E-state index in [-0.39, 0.29) is 5.54 Å². The molecule has 80 valence electrons. The van der Waals surface area contributed by atoms with Gasteiger partial charge in [-0.2, -0.15) is 0 Å². The summed E-state index contributed by atoms with van der Waals surface area (Å²) in [6.45, 7) is 5.75. The molecule has 1 aliphatic carbocycles. The second-order valence-corrected chi connectivity index (χ2v) is 4.38. The molecule has 0 bridgehead atoms. The molecule has 14 heavy (non-hydrogen) atoms. The number of likely N-dealkylation sites (N-methyl/N-ethyl adjacent to an activating group) is 1. The number of carbonyl (C=O) groups is 1. The van der Waals surface area contributed by atoms with Crippen molar-refractivity contribution in [3.05, 3.63) is 0 Å². The number of hydrogen-bond donors (Lipinski definition) is 1. The Balaban J connectivity index is 1.80. The molecule has 1 heterocycles. The molecule has 0 atom stereocenters. The Kier molecular flexibility index (Phi) is 2.49. The third-order valence-electron chi connectivity index (χ3n) is 3.35. The molecule has 1 N–H and O–H groups in total. The minimum Gasteiger partial charge on any atom is -0.327 e. The van der Waals surface area contributed by atoms with Crippen LogP contribution < -0.4 is 5.32 Å². The highest BCUT2D eigenvalue weighted by molar-refractivity contribution is 5.91. The van der Waals surface area contributed by atoms with Crippen LogP contribution in [0.4, 0.5) is 0 Å². The smallest absolute Gasteiger partial charge is 0.244 e. The van der Waals surface area contributed by atoms with Crippen LogP contribution in [0.15, 0.2) is 0 Å². The van der Waals surface area contributed by atoms with Gasteiger partial charge in [0.1, 0.15) is 0 Å². The third kappa shape index (κ3) is 1.64. The van der Waals surface area contributed by atoms with Crippen molar-refractivity contribution < 1.29 is 4.79 Å². The molecule has 4 heteroatoms. The van der Waals surface area contributed by atoms with Crippen LogP contribution in [0.25, 0.3) is 0 Å². The zero-order chi connectivity index (χ0) is 10.2. The van der Waals surface area contributed by atoms with Crippen LogP contribution in [0.1, 0.15) is 19.8 Å². The molecular weight excluding hydrogens is 178 g/mol. The average Bonchev–Trinajstić information content (AvgIpc) is 2.91. The molecule has 0 aromatic rings. The molecule has 0 aromatic heterocycles. The SMILES string of the molecule is CCN(C)CCN1CNC2(CC2)C1=O. The molecule has 1 amide bonds. The number of carbonyl (C=O) groups excluding carboxylic acids is 1. The molecule has 1 spiro atoms. The lowest BCUT2D eigenvalue weighted by molar-refractivity contribution is -0.129. The Labute approximate surface area is 85.2 Å². The van der Waals surface area contributed by atoms with Crippen LogP contribution in [0.2, 0.25) is 0 Å². The minimum absolute atomic E-state index is 0.120. The summed E-state index contributed by atoms with van der Waals surface area (Å²) >= 11 is 0. The molecule has 2 aliphatic rings. The van der Waals surface area contributed by atoms with Crippen molar-refractivity contribution in [1.82, 2.24) is 15.1 Å². The van der Waals surface area contributed by atoms with Gasteiger partial charge in [-0.1, -0.05) is 6.92 Å². The van der Waals surface area contributed by atoms with Gasteiger partial charge in [0.25, 0.3) is 0 Å². The van der Waals surface area contributed by atoms with E-state index in [1.165, 1.54) is 0 Å². The molecule has 0 radical (unpaired) electrons. The minimum atomic E-state index is -0.120. The highest BCUT2D eigenvalue weighted by Gasteiger charge is 2.55. The van der Waals surface area contributed by atoms with E-state index in [2.05, 4.69) is 24.2 Å². The van der Waals surface area contributed by atoms with Gasteiger partial charge < -0.3 is 9.80 Å². The Morgan fingerprint density at radius 2 is 2.29 bits per heavy atom. The predicted octanol–water partition coefficient (Wildman–Crippen LogP) is -0.140. The first-order valence-corrected chi connectivity index (χ1v) is 5.41. The van der Waals surface area contributed by atoms with Crippen LogP contribution in [-0.2, 0) is 4.79 Å². The van der Waals surface area contributed by atoms with Gasteiger partial charge in [0.05, 0.1) is 12.2 Å². The van der Waals surface area contributed by atoms with Crippen molar-refractivity contribution >= 4 is 5.91 Å². The Morgan fingerprint density at radius 1 is 1.57 bits per heavy atom. The first-order chi connectivity index (χ1) is 6.68. The molecule has 1 saturated carbocycles. The zero-order valence-electron chi connectivity index (χ0n) is 9.05. The van der Waals surface area contributed by atoms with Crippen LogP contribution in [0.3, 0.4) is 0 Å². The van der Waals surface area contributed by atoms with Gasteiger partial charge in [0.2, 0.25) is 5.91 Å². The molecule has 2 fully saturated rings. The van der Waals surface area contributed by atoms with Gasteiger partial charge in [-0.05, 0) is 26.4 Å². The highest BCUT2D eigenvalue weighted by atomic mass is 16.2. The van der Waals surface area contributed by atoms with Crippen molar-refractivity contribution in [3.8, 4) is 0 Å². The van der Waals surface area contributed by atoms with Gasteiger partial charge >= 0.3 is 0 Å². The van der Waals surface area contributed by atoms with Gasteiger partial charge in [0.15, 0.2) is 0 Å². The van der Waals surface area contributed by atoms with Gasteiger partial charge in [0, 0.05) is 13.1 Å². The summed E-state index contributed by atoms with van der Waals surface area (Å²) in [6.07, 6.45) is 2.07. The zero-order valence-corrected chi connectivity index (χ0v) is 9.05. The van der Waals surface area contributed by atoms with E-state index < -0.39 is 0 Å². The lowest BCUT2D eigenvalue weighted by atomic mass is 10.3. The van der Waals surface area contributed by atoms with E-state index in [1.807, 2.05) is 4.90 Å². The predicted molar refractivity (Wildman–Crippen MR) is 54.9 cm³/mol. The average molecular weight is 197 g/mol. The normalized spacial score (nSPS) is 23.9. The monoisotopic (exact) mass is 197 g/mol. The van der Waals surface area contributed by atoms with E-state index in [9.17, 15) is 4.79 Å². The van der Waals surface area contributed by atoms with E-state index in [4.69, 9.17) is 0 Å². The maximum Gasteiger partial charge on any atom is 0.244 e. The quantitative estimate of drug-likeness (QED) is 0.681. The number of nitrogens with one attached hydrogen (secondary N) is 1. The Morgan fingerprint density at radius 3 is 2.79 bits per heavy atom. The summed E-state index contributed by atoms with van der Waals surface area (Å²) in [7, 11) is 2.08. The van der Waals surface area contributed by atoms with Crippen LogP contribution >= 0.6 is 0 Å². The molecule has 1 aliphatic heterocycles. The lowest BCUT2D eigenvalue weighted by Crippen LogP contribution is -2.36. The molecular formula is C10H19N3O. The second-order valence-electron chi connectivity index (χ2n) is 4.38. The number of hydrogen-bond acceptors (Lipinski definition) is 3. The molecule has 2 rings (SSSR count). The van der Waals surface area contributed by atoms with Crippen LogP contribution in [-0.4, -0.2) is 54.6 Å². The van der Waals surface area contributed by atoms with Crippen molar-refractivity contribution in [2.75, 3.05) is 33.4 Å². The summed E-state index contributed by atoms with van der Waals surface area (Å²) in [5, 5.41) is 3.31. The summed E-state index contributed by atoms with van der Waals surface area (Å²) in [6, 6.07) is 0. The standard InChI is InChI=1S/C10H19N3O/c1-3-12(2)6-7-13-8-11-10(4-5-10)9(13)14/h11H,3-8H2,1-2H3. The number of nitrogens with zero attached hydrogens (tertiary/aromatic N) is 2. The second kappa shape index (κ2) is 3.51. The van der Waals surface area contributed by atoms with Gasteiger partial charge in [-0.25, -0.2) is 0 Å². The summed E-state index contributed by atoms with van der Waals surface area (Å²) < 4.78 is 0. The largest absolute Gasteiger partial charge is 0.327 e. The van der Waals surface area contributed by atoms with E-state index >= 15 is 0 Å². The lowest BCUT2D eigenvalue weighted by Gasteiger charge is -2.19. The fourth-order valence-electron chi connectivity index (χ4n) is 1.84. The maximum atomic E-state index is 11.8. The van der Waals surface area contributed by atoms with Crippen molar-refractivity contribution in [3.63, 3.8) is 0 Å². The highest BCUT2D eigenvalue weighted by Crippen LogP contribution is 2.39. The molecule has 4 nitrogen and oxygen atoms in total. The summed E-state index contributed by atoms with van der Waals surface area (Å²) in [4.78, 5) is 16.0. The fraction of sp³-hybridized carbons (Fsp3) is 0.900. The Hall–Kier alpha value is -0.610. The van der Waals surface area contributed by atoms with Crippen LogP contribution in [0.5, 0.6) is 0 Å². The Bertz CT molecular complexity index is 238. The first-order valence-electron chi connectivity index (χ1n) is 5.41. The number of amides is 1. The topological polar surface area (TPSA) is 35.6 Å². The van der Waals surface area contributed by atoms with Gasteiger partial charge in [-0.15, -0.1) is 0 Å². The summed E-state index contributed by atoms with van der Waals surface area (Å²) in [5.74, 6) is 0.321. The van der Waals surface area contributed by atoms with E-state index in [1.54, 1.807) is 0 Å².